The first kappa shape index (κ1) is 27.0. The Kier molecular flexibility index (Phi) is 8.93. The van der Waals surface area contributed by atoms with Gasteiger partial charge in [-0.15, -0.1) is 11.8 Å². The second-order valence-corrected chi connectivity index (χ2v) is 10.8. The van der Waals surface area contributed by atoms with Crippen molar-refractivity contribution in [2.24, 2.45) is 0 Å². The molecular formula is C27H32N4O4S. The largest absolute Gasteiger partial charge is 0.455 e. The van der Waals surface area contributed by atoms with E-state index in [0.29, 0.717) is 11.5 Å². The van der Waals surface area contributed by atoms with Gasteiger partial charge in [-0.1, -0.05) is 56.7 Å². The van der Waals surface area contributed by atoms with E-state index in [0.717, 1.165) is 28.7 Å². The molecule has 9 heteroatoms. The summed E-state index contributed by atoms with van der Waals surface area (Å²) >= 11 is 1.14. The topological polar surface area (TPSA) is 102 Å². The minimum absolute atomic E-state index is 0.0855. The molecule has 0 radical (unpaired) electrons. The van der Waals surface area contributed by atoms with Crippen LogP contribution >= 0.6 is 11.8 Å². The molecule has 8 nitrogen and oxygen atoms in total. The van der Waals surface area contributed by atoms with Crippen LogP contribution in [0.2, 0.25) is 0 Å². The summed E-state index contributed by atoms with van der Waals surface area (Å²) in [7, 11) is 0. The fourth-order valence-electron chi connectivity index (χ4n) is 3.14. The van der Waals surface area contributed by atoms with E-state index in [-0.39, 0.29) is 17.1 Å². The van der Waals surface area contributed by atoms with E-state index in [4.69, 9.17) is 4.74 Å². The van der Waals surface area contributed by atoms with Crippen LogP contribution in [0, 0.1) is 6.92 Å². The average molecular weight is 509 g/mol. The van der Waals surface area contributed by atoms with Gasteiger partial charge in [0.05, 0.1) is 17.1 Å². The molecule has 0 aliphatic carbocycles. The molecule has 0 aliphatic heterocycles. The standard InChI is InChI=1S/C27H32N4O4S/c1-18-11-13-20(14-12-18)28-25(33)17-36-19(2)26(34)35-16-24(32)29-23-15-22(27(3,4)5)30-31(23)21-9-7-6-8-10-21/h6-15,19H,16-17H2,1-5H3,(H,28,33)(H,29,32)/t19-/m1/s1. The number of benzene rings is 2. The molecule has 3 aromatic rings. The number of carbonyl (C=O) groups excluding carboxylic acids is 3. The number of nitrogens with zero attached hydrogens (tertiary/aromatic N) is 2. The van der Waals surface area contributed by atoms with Crippen molar-refractivity contribution in [3.05, 3.63) is 71.9 Å². The van der Waals surface area contributed by atoms with Crippen LogP contribution in [0.5, 0.6) is 0 Å². The Morgan fingerprint density at radius 3 is 2.31 bits per heavy atom. The molecule has 1 heterocycles. The second-order valence-electron chi connectivity index (χ2n) is 9.44. The molecular weight excluding hydrogens is 476 g/mol. The summed E-state index contributed by atoms with van der Waals surface area (Å²) in [5.41, 5.74) is 3.19. The number of amides is 2. The molecule has 0 unspecified atom stereocenters. The number of para-hydroxylation sites is 1. The lowest BCUT2D eigenvalue weighted by Crippen LogP contribution is -2.26. The molecule has 0 aliphatic rings. The van der Waals surface area contributed by atoms with Crippen LogP contribution in [0.15, 0.2) is 60.7 Å². The third-order valence-electron chi connectivity index (χ3n) is 5.22. The molecule has 1 aromatic heterocycles. The summed E-state index contributed by atoms with van der Waals surface area (Å²) in [6.45, 7) is 9.29. The summed E-state index contributed by atoms with van der Waals surface area (Å²) in [5.74, 6) is -0.685. The fourth-order valence-corrected chi connectivity index (χ4v) is 3.82. The number of nitrogens with one attached hydrogen (secondary N) is 2. The van der Waals surface area contributed by atoms with E-state index >= 15 is 0 Å². The SMILES string of the molecule is Cc1ccc(NC(=O)CS[C@H](C)C(=O)OCC(=O)Nc2cc(C(C)(C)C)nn2-c2ccccc2)cc1. The molecule has 190 valence electrons. The molecule has 0 spiro atoms. The number of hydrogen-bond acceptors (Lipinski definition) is 6. The maximum absolute atomic E-state index is 12.6. The van der Waals surface area contributed by atoms with Crippen LogP contribution in [0.3, 0.4) is 0 Å². The van der Waals surface area contributed by atoms with Crippen LogP contribution in [-0.2, 0) is 24.5 Å². The zero-order valence-electron chi connectivity index (χ0n) is 21.2. The first-order valence-electron chi connectivity index (χ1n) is 11.6. The molecule has 0 fully saturated rings. The second kappa shape index (κ2) is 11.9. The Balaban J connectivity index is 1.51. The molecule has 2 N–H and O–H groups in total. The normalized spacial score (nSPS) is 12.0. The van der Waals surface area contributed by atoms with Gasteiger partial charge in [0.1, 0.15) is 11.1 Å². The Morgan fingerprint density at radius 2 is 1.67 bits per heavy atom. The Morgan fingerprint density at radius 1 is 1.00 bits per heavy atom. The van der Waals surface area contributed by atoms with E-state index < -0.39 is 23.7 Å². The van der Waals surface area contributed by atoms with Gasteiger partial charge in [-0.25, -0.2) is 4.68 Å². The number of thioether (sulfide) groups is 1. The lowest BCUT2D eigenvalue weighted by molar-refractivity contribution is -0.146. The summed E-state index contributed by atoms with van der Waals surface area (Å²) in [6.07, 6.45) is 0. The molecule has 1 atom stereocenters. The van der Waals surface area contributed by atoms with Crippen molar-refractivity contribution in [2.75, 3.05) is 23.0 Å². The van der Waals surface area contributed by atoms with Crippen molar-refractivity contribution >= 4 is 41.1 Å². The van der Waals surface area contributed by atoms with E-state index in [9.17, 15) is 14.4 Å². The molecule has 0 saturated carbocycles. The minimum Gasteiger partial charge on any atom is -0.455 e. The molecule has 0 bridgehead atoms. The third kappa shape index (κ3) is 7.71. The highest BCUT2D eigenvalue weighted by molar-refractivity contribution is 8.01. The van der Waals surface area contributed by atoms with Gasteiger partial charge in [-0.2, -0.15) is 5.10 Å². The summed E-state index contributed by atoms with van der Waals surface area (Å²) in [5, 5.41) is 9.63. The van der Waals surface area contributed by atoms with Crippen molar-refractivity contribution in [3.63, 3.8) is 0 Å². The highest BCUT2D eigenvalue weighted by atomic mass is 32.2. The predicted molar refractivity (Wildman–Crippen MR) is 144 cm³/mol. The number of carbonyl (C=O) groups is 3. The maximum Gasteiger partial charge on any atom is 0.319 e. The van der Waals surface area contributed by atoms with E-state index in [1.165, 1.54) is 0 Å². The van der Waals surface area contributed by atoms with Gasteiger partial charge in [0.15, 0.2) is 6.61 Å². The number of ether oxygens (including phenoxy) is 1. The van der Waals surface area contributed by atoms with Crippen molar-refractivity contribution in [1.82, 2.24) is 9.78 Å². The summed E-state index contributed by atoms with van der Waals surface area (Å²) < 4.78 is 6.85. The van der Waals surface area contributed by atoms with E-state index in [2.05, 4.69) is 15.7 Å². The van der Waals surface area contributed by atoms with Crippen LogP contribution in [0.1, 0.15) is 39.0 Å². The quantitative estimate of drug-likeness (QED) is 0.406. The molecule has 2 aromatic carbocycles. The molecule has 2 amide bonds. The Labute approximate surface area is 215 Å². The van der Waals surface area contributed by atoms with Crippen LogP contribution < -0.4 is 10.6 Å². The minimum atomic E-state index is -0.607. The summed E-state index contributed by atoms with van der Waals surface area (Å²) in [6, 6.07) is 18.7. The average Bonchev–Trinajstić information content (AvgIpc) is 3.27. The highest BCUT2D eigenvalue weighted by Crippen LogP contribution is 2.26. The number of aryl methyl sites for hydroxylation is 1. The smallest absolute Gasteiger partial charge is 0.319 e. The number of esters is 1. The molecule has 0 saturated heterocycles. The first-order chi connectivity index (χ1) is 17.0. The lowest BCUT2D eigenvalue weighted by atomic mass is 9.92. The van der Waals surface area contributed by atoms with Gasteiger partial charge in [-0.05, 0) is 38.1 Å². The van der Waals surface area contributed by atoms with Gasteiger partial charge in [0.2, 0.25) is 5.91 Å². The number of rotatable bonds is 9. The van der Waals surface area contributed by atoms with Crippen molar-refractivity contribution < 1.29 is 19.1 Å². The van der Waals surface area contributed by atoms with Gasteiger partial charge in [0.25, 0.3) is 5.91 Å². The predicted octanol–water partition coefficient (Wildman–Crippen LogP) is 4.72. The fraction of sp³-hybridized carbons (Fsp3) is 0.333. The zero-order valence-corrected chi connectivity index (χ0v) is 22.0. The zero-order chi connectivity index (χ0) is 26.3. The Hall–Kier alpha value is -3.59. The van der Waals surface area contributed by atoms with Crippen molar-refractivity contribution in [1.29, 1.82) is 0 Å². The van der Waals surface area contributed by atoms with E-state index in [1.807, 2.05) is 88.4 Å². The van der Waals surface area contributed by atoms with Crippen LogP contribution in [0.4, 0.5) is 11.5 Å². The monoisotopic (exact) mass is 508 g/mol. The highest BCUT2D eigenvalue weighted by Gasteiger charge is 2.22. The third-order valence-corrected chi connectivity index (χ3v) is 6.34. The van der Waals surface area contributed by atoms with Gasteiger partial charge in [-0.3, -0.25) is 14.4 Å². The lowest BCUT2D eigenvalue weighted by Gasteiger charge is -2.14. The molecule has 36 heavy (non-hydrogen) atoms. The number of hydrogen-bond donors (Lipinski definition) is 2. The van der Waals surface area contributed by atoms with E-state index in [1.54, 1.807) is 11.6 Å². The van der Waals surface area contributed by atoms with Gasteiger partial charge >= 0.3 is 5.97 Å². The molecule has 3 rings (SSSR count). The number of aromatic nitrogens is 2. The summed E-state index contributed by atoms with van der Waals surface area (Å²) in [4.78, 5) is 37.1. The van der Waals surface area contributed by atoms with Gasteiger partial charge in [0, 0.05) is 17.2 Å². The van der Waals surface area contributed by atoms with Crippen molar-refractivity contribution in [2.45, 2.75) is 45.3 Å². The Bertz CT molecular complexity index is 1200. The van der Waals surface area contributed by atoms with Gasteiger partial charge < -0.3 is 15.4 Å². The number of anilines is 2. The van der Waals surface area contributed by atoms with Crippen molar-refractivity contribution in [3.8, 4) is 5.69 Å². The first-order valence-corrected chi connectivity index (χ1v) is 12.7. The van der Waals surface area contributed by atoms with Crippen LogP contribution in [-0.4, -0.2) is 45.2 Å². The maximum atomic E-state index is 12.6. The van der Waals surface area contributed by atoms with Crippen LogP contribution in [0.25, 0.3) is 5.69 Å².